The Balaban J connectivity index is 1.80. The second-order valence-corrected chi connectivity index (χ2v) is 5.95. The summed E-state index contributed by atoms with van der Waals surface area (Å²) in [7, 11) is 0. The van der Waals surface area contributed by atoms with Crippen molar-refractivity contribution in [1.29, 1.82) is 0 Å². The van der Waals surface area contributed by atoms with Crippen LogP contribution in [0.4, 0.5) is 0 Å². The third-order valence-corrected chi connectivity index (χ3v) is 4.28. The molecular formula is C19H21N3O2. The molecule has 1 amide bonds. The van der Waals surface area contributed by atoms with Crippen LogP contribution < -0.4 is 0 Å². The van der Waals surface area contributed by atoms with E-state index in [-0.39, 0.29) is 5.91 Å². The van der Waals surface area contributed by atoms with Crippen LogP contribution in [0.2, 0.25) is 0 Å². The average molecular weight is 323 g/mol. The summed E-state index contributed by atoms with van der Waals surface area (Å²) in [5.74, 6) is -0.186. The number of rotatable bonds is 5. The summed E-state index contributed by atoms with van der Waals surface area (Å²) in [5, 5.41) is 16.8. The van der Waals surface area contributed by atoms with Crippen molar-refractivity contribution >= 4 is 11.6 Å². The minimum absolute atomic E-state index is 0.186. The van der Waals surface area contributed by atoms with Gasteiger partial charge in [0.1, 0.15) is 0 Å². The zero-order valence-corrected chi connectivity index (χ0v) is 13.7. The number of hydrazone groups is 1. The molecule has 3 rings (SSSR count). The standard InChI is InChI=1S/C19H21N3O2/c1-2-17-13-19(24,16-9-6-12-20-14-16)22(21-17)18(23)11-10-15-7-4-3-5-8-15/h3-9,12,14,24H,2,10-11,13H2,1H3/t19-/m1/s1. The highest BCUT2D eigenvalue weighted by Crippen LogP contribution is 2.36. The average Bonchev–Trinajstić information content (AvgIpc) is 2.99. The fourth-order valence-corrected chi connectivity index (χ4v) is 2.90. The van der Waals surface area contributed by atoms with Crippen LogP contribution >= 0.6 is 0 Å². The maximum absolute atomic E-state index is 12.7. The number of hydrogen-bond acceptors (Lipinski definition) is 4. The molecule has 1 aliphatic rings. The molecule has 2 aromatic rings. The van der Waals surface area contributed by atoms with Crippen molar-refractivity contribution in [2.24, 2.45) is 5.10 Å². The zero-order chi connectivity index (χ0) is 17.0. The van der Waals surface area contributed by atoms with Crippen molar-refractivity contribution in [2.75, 3.05) is 0 Å². The summed E-state index contributed by atoms with van der Waals surface area (Å²) >= 11 is 0. The molecule has 0 spiro atoms. The number of benzene rings is 1. The zero-order valence-electron chi connectivity index (χ0n) is 13.7. The van der Waals surface area contributed by atoms with E-state index in [4.69, 9.17) is 0 Å². The van der Waals surface area contributed by atoms with Crippen LogP contribution in [0.25, 0.3) is 0 Å². The molecule has 1 aromatic heterocycles. The lowest BCUT2D eigenvalue weighted by Crippen LogP contribution is -2.43. The molecule has 124 valence electrons. The lowest BCUT2D eigenvalue weighted by molar-refractivity contribution is -0.157. The second-order valence-electron chi connectivity index (χ2n) is 5.95. The molecule has 24 heavy (non-hydrogen) atoms. The van der Waals surface area contributed by atoms with Crippen LogP contribution in [0.15, 0.2) is 60.0 Å². The van der Waals surface area contributed by atoms with Crippen LogP contribution in [-0.4, -0.2) is 26.7 Å². The van der Waals surface area contributed by atoms with Crippen LogP contribution in [0.1, 0.15) is 37.3 Å². The van der Waals surface area contributed by atoms with Gasteiger partial charge in [0, 0.05) is 36.5 Å². The van der Waals surface area contributed by atoms with E-state index >= 15 is 0 Å². The normalized spacial score (nSPS) is 20.1. The predicted octanol–water partition coefficient (Wildman–Crippen LogP) is 2.86. The second kappa shape index (κ2) is 6.93. The monoisotopic (exact) mass is 323 g/mol. The highest BCUT2D eigenvalue weighted by atomic mass is 16.3. The first-order valence-electron chi connectivity index (χ1n) is 8.19. The molecular weight excluding hydrogens is 302 g/mol. The lowest BCUT2D eigenvalue weighted by atomic mass is 9.97. The quantitative estimate of drug-likeness (QED) is 0.920. The molecule has 0 unspecified atom stereocenters. The van der Waals surface area contributed by atoms with E-state index in [2.05, 4.69) is 10.1 Å². The fourth-order valence-electron chi connectivity index (χ4n) is 2.90. The molecule has 1 atom stereocenters. The summed E-state index contributed by atoms with van der Waals surface area (Å²) < 4.78 is 0. The Kier molecular flexibility index (Phi) is 4.71. The maximum atomic E-state index is 12.7. The third kappa shape index (κ3) is 3.21. The van der Waals surface area contributed by atoms with E-state index in [0.717, 1.165) is 11.3 Å². The van der Waals surface area contributed by atoms with Gasteiger partial charge in [0.25, 0.3) is 0 Å². The Morgan fingerprint density at radius 2 is 2.04 bits per heavy atom. The molecule has 2 heterocycles. The molecule has 1 aliphatic heterocycles. The van der Waals surface area contributed by atoms with Crippen LogP contribution in [-0.2, 0) is 16.9 Å². The highest BCUT2D eigenvalue weighted by molar-refractivity contribution is 5.90. The molecule has 0 fully saturated rings. The maximum Gasteiger partial charge on any atom is 0.245 e. The Bertz CT molecular complexity index is 731. The summed E-state index contributed by atoms with van der Waals surface area (Å²) in [6.45, 7) is 1.97. The Morgan fingerprint density at radius 1 is 1.25 bits per heavy atom. The number of amides is 1. The number of aliphatic hydroxyl groups is 1. The molecule has 0 bridgehead atoms. The molecule has 5 heteroatoms. The Hall–Kier alpha value is -2.53. The third-order valence-electron chi connectivity index (χ3n) is 4.28. The van der Waals surface area contributed by atoms with Crippen molar-refractivity contribution in [1.82, 2.24) is 9.99 Å². The minimum atomic E-state index is -1.44. The van der Waals surface area contributed by atoms with E-state index < -0.39 is 5.72 Å². The predicted molar refractivity (Wildman–Crippen MR) is 92.1 cm³/mol. The fraction of sp³-hybridized carbons (Fsp3) is 0.316. The first kappa shape index (κ1) is 16.3. The van der Waals surface area contributed by atoms with Gasteiger partial charge in [-0.25, -0.2) is 0 Å². The van der Waals surface area contributed by atoms with Gasteiger partial charge in [0.15, 0.2) is 5.72 Å². The highest BCUT2D eigenvalue weighted by Gasteiger charge is 2.45. The summed E-state index contributed by atoms with van der Waals surface area (Å²) in [6, 6.07) is 13.4. The minimum Gasteiger partial charge on any atom is -0.365 e. The van der Waals surface area contributed by atoms with Crippen LogP contribution in [0, 0.1) is 0 Å². The molecule has 0 radical (unpaired) electrons. The van der Waals surface area contributed by atoms with Gasteiger partial charge in [0.2, 0.25) is 5.91 Å². The van der Waals surface area contributed by atoms with E-state index in [0.29, 0.717) is 31.2 Å². The number of nitrogens with zero attached hydrogens (tertiary/aromatic N) is 3. The molecule has 1 aromatic carbocycles. The van der Waals surface area contributed by atoms with Crippen molar-refractivity contribution < 1.29 is 9.90 Å². The largest absolute Gasteiger partial charge is 0.365 e. The molecule has 0 aliphatic carbocycles. The Morgan fingerprint density at radius 3 is 2.71 bits per heavy atom. The summed E-state index contributed by atoms with van der Waals surface area (Å²) in [5.41, 5.74) is 1.06. The first-order valence-corrected chi connectivity index (χ1v) is 8.19. The number of carbonyl (C=O) groups excluding carboxylic acids is 1. The molecule has 0 saturated heterocycles. The summed E-state index contributed by atoms with van der Waals surface area (Å²) in [6.07, 6.45) is 5.18. The van der Waals surface area contributed by atoms with Gasteiger partial charge < -0.3 is 5.11 Å². The number of carbonyl (C=O) groups is 1. The van der Waals surface area contributed by atoms with Crippen LogP contribution in [0.5, 0.6) is 0 Å². The van der Waals surface area contributed by atoms with Crippen molar-refractivity contribution in [3.8, 4) is 0 Å². The van der Waals surface area contributed by atoms with E-state index in [1.165, 1.54) is 5.01 Å². The van der Waals surface area contributed by atoms with Gasteiger partial charge in [0.05, 0.1) is 0 Å². The number of aryl methyl sites for hydroxylation is 1. The molecule has 5 nitrogen and oxygen atoms in total. The Labute approximate surface area is 141 Å². The first-order chi connectivity index (χ1) is 11.6. The summed E-state index contributed by atoms with van der Waals surface area (Å²) in [4.78, 5) is 16.8. The van der Waals surface area contributed by atoms with E-state index in [1.54, 1.807) is 24.5 Å². The van der Waals surface area contributed by atoms with Crippen molar-refractivity contribution in [3.05, 3.63) is 66.0 Å². The molecule has 0 saturated carbocycles. The van der Waals surface area contributed by atoms with Gasteiger partial charge in [-0.05, 0) is 24.5 Å². The number of aromatic nitrogens is 1. The lowest BCUT2D eigenvalue weighted by Gasteiger charge is -2.31. The van der Waals surface area contributed by atoms with Crippen molar-refractivity contribution in [2.45, 2.75) is 38.3 Å². The SMILES string of the molecule is CCC1=NN(C(=O)CCc2ccccc2)[C@](O)(c2cccnc2)C1. The van der Waals surface area contributed by atoms with Gasteiger partial charge in [-0.15, -0.1) is 0 Å². The number of hydrogen-bond donors (Lipinski definition) is 1. The van der Waals surface area contributed by atoms with Crippen molar-refractivity contribution in [3.63, 3.8) is 0 Å². The van der Waals surface area contributed by atoms with E-state index in [1.807, 2.05) is 37.3 Å². The van der Waals surface area contributed by atoms with Crippen LogP contribution in [0.3, 0.4) is 0 Å². The van der Waals surface area contributed by atoms with E-state index in [9.17, 15) is 9.90 Å². The molecule has 1 N–H and O–H groups in total. The number of pyridine rings is 1. The smallest absolute Gasteiger partial charge is 0.245 e. The van der Waals surface area contributed by atoms with Gasteiger partial charge in [-0.2, -0.15) is 10.1 Å². The topological polar surface area (TPSA) is 65.8 Å². The van der Waals surface area contributed by atoms with Gasteiger partial charge in [-0.3, -0.25) is 9.78 Å². The van der Waals surface area contributed by atoms with Gasteiger partial charge >= 0.3 is 0 Å². The van der Waals surface area contributed by atoms with Gasteiger partial charge in [-0.1, -0.05) is 43.3 Å².